The summed E-state index contributed by atoms with van der Waals surface area (Å²) in [4.78, 5) is 0.402. The van der Waals surface area contributed by atoms with Crippen molar-refractivity contribution in [2.75, 3.05) is 0 Å². The summed E-state index contributed by atoms with van der Waals surface area (Å²) in [7, 11) is -3.39. The van der Waals surface area contributed by atoms with E-state index in [9.17, 15) is 8.42 Å². The molecule has 1 saturated carbocycles. The molecule has 2 unspecified atom stereocenters. The van der Waals surface area contributed by atoms with E-state index in [1.54, 1.807) is 11.4 Å². The third-order valence-corrected chi connectivity index (χ3v) is 7.39. The van der Waals surface area contributed by atoms with Gasteiger partial charge in [0.25, 0.3) is 0 Å². The van der Waals surface area contributed by atoms with Crippen LogP contribution in [0.3, 0.4) is 0 Å². The Kier molecular flexibility index (Phi) is 3.59. The number of hydrogen-bond acceptors (Lipinski definition) is 3. The van der Waals surface area contributed by atoms with Crippen LogP contribution in [-0.4, -0.2) is 14.5 Å². The van der Waals surface area contributed by atoms with Gasteiger partial charge in [-0.2, -0.15) is 11.3 Å². The van der Waals surface area contributed by atoms with Gasteiger partial charge in [0.05, 0.1) is 4.90 Å². The Labute approximate surface area is 135 Å². The fraction of sp³-hybridized carbons (Fsp3) is 0.412. The Bertz CT molecular complexity index is 735. The summed E-state index contributed by atoms with van der Waals surface area (Å²) in [5.74, 6) is 0.837. The topological polar surface area (TPSA) is 46.2 Å². The minimum atomic E-state index is -3.39. The Hall–Kier alpha value is -1.17. The van der Waals surface area contributed by atoms with Crippen molar-refractivity contribution in [3.63, 3.8) is 0 Å². The van der Waals surface area contributed by atoms with E-state index in [0.29, 0.717) is 16.7 Å². The van der Waals surface area contributed by atoms with Crippen molar-refractivity contribution in [3.05, 3.63) is 52.2 Å². The number of benzene rings is 1. The molecule has 1 aromatic heterocycles. The molecule has 0 saturated heterocycles. The average Bonchev–Trinajstić information content (AvgIpc) is 3.09. The molecule has 22 heavy (non-hydrogen) atoms. The molecule has 116 valence electrons. The molecule has 4 rings (SSSR count). The van der Waals surface area contributed by atoms with Crippen LogP contribution < -0.4 is 4.72 Å². The van der Waals surface area contributed by atoms with Crippen molar-refractivity contribution in [2.45, 2.75) is 36.6 Å². The highest BCUT2D eigenvalue weighted by molar-refractivity contribution is 7.89. The summed E-state index contributed by atoms with van der Waals surface area (Å²) < 4.78 is 28.1. The van der Waals surface area contributed by atoms with Gasteiger partial charge < -0.3 is 0 Å². The van der Waals surface area contributed by atoms with Gasteiger partial charge in [-0.25, -0.2) is 13.1 Å². The van der Waals surface area contributed by atoms with Crippen LogP contribution in [0.4, 0.5) is 0 Å². The molecule has 5 heteroatoms. The molecule has 2 aliphatic carbocycles. The average molecular weight is 333 g/mol. The Morgan fingerprint density at radius 2 is 1.64 bits per heavy atom. The molecule has 1 aromatic carbocycles. The number of rotatable bonds is 3. The van der Waals surface area contributed by atoms with E-state index in [2.05, 4.69) is 29.0 Å². The lowest BCUT2D eigenvalue weighted by Gasteiger charge is -2.23. The highest BCUT2D eigenvalue weighted by Crippen LogP contribution is 2.40. The SMILES string of the molecule is O=S(=O)(NC1C2CCC1Cc1ccccc1C2)c1ccsc1. The molecule has 1 fully saturated rings. The van der Waals surface area contributed by atoms with Crippen molar-refractivity contribution in [1.82, 2.24) is 4.72 Å². The van der Waals surface area contributed by atoms with Gasteiger partial charge in [-0.05, 0) is 60.1 Å². The van der Waals surface area contributed by atoms with E-state index >= 15 is 0 Å². The zero-order chi connectivity index (χ0) is 15.2. The summed E-state index contributed by atoms with van der Waals surface area (Å²) in [6, 6.07) is 10.3. The number of fused-ring (bicyclic) bond motifs is 3. The second-order valence-electron chi connectivity index (χ2n) is 6.38. The zero-order valence-electron chi connectivity index (χ0n) is 12.2. The van der Waals surface area contributed by atoms with Gasteiger partial charge in [0, 0.05) is 11.4 Å². The van der Waals surface area contributed by atoms with Crippen LogP contribution in [0.25, 0.3) is 0 Å². The third-order valence-electron chi connectivity index (χ3n) is 5.10. The van der Waals surface area contributed by atoms with E-state index in [1.165, 1.54) is 22.5 Å². The van der Waals surface area contributed by atoms with Gasteiger partial charge in [-0.15, -0.1) is 0 Å². The highest BCUT2D eigenvalue weighted by atomic mass is 32.2. The van der Waals surface area contributed by atoms with E-state index in [-0.39, 0.29) is 6.04 Å². The summed E-state index contributed by atoms with van der Waals surface area (Å²) in [6.07, 6.45) is 4.22. The van der Waals surface area contributed by atoms with Crippen molar-refractivity contribution in [3.8, 4) is 0 Å². The van der Waals surface area contributed by atoms with Gasteiger partial charge in [0.1, 0.15) is 0 Å². The fourth-order valence-electron chi connectivity index (χ4n) is 4.00. The number of hydrogen-bond donors (Lipinski definition) is 1. The van der Waals surface area contributed by atoms with Gasteiger partial charge >= 0.3 is 0 Å². The van der Waals surface area contributed by atoms with Gasteiger partial charge in [-0.1, -0.05) is 24.3 Å². The van der Waals surface area contributed by atoms with Crippen LogP contribution in [0.15, 0.2) is 46.0 Å². The van der Waals surface area contributed by atoms with Gasteiger partial charge in [-0.3, -0.25) is 0 Å². The lowest BCUT2D eigenvalue weighted by Crippen LogP contribution is -2.41. The monoisotopic (exact) mass is 333 g/mol. The zero-order valence-corrected chi connectivity index (χ0v) is 13.9. The lowest BCUT2D eigenvalue weighted by molar-refractivity contribution is 0.386. The molecule has 2 aromatic rings. The number of sulfonamides is 1. The van der Waals surface area contributed by atoms with Crippen LogP contribution in [0.5, 0.6) is 0 Å². The molecular formula is C17H19NO2S2. The van der Waals surface area contributed by atoms with Crippen LogP contribution in [-0.2, 0) is 22.9 Å². The van der Waals surface area contributed by atoms with Crippen molar-refractivity contribution >= 4 is 21.4 Å². The molecule has 2 atom stereocenters. The summed E-state index contributed by atoms with van der Waals surface area (Å²) in [5, 5.41) is 3.52. The summed E-state index contributed by atoms with van der Waals surface area (Å²) in [5.41, 5.74) is 2.80. The number of nitrogens with one attached hydrogen (secondary N) is 1. The molecular weight excluding hydrogens is 314 g/mol. The van der Waals surface area contributed by atoms with E-state index in [0.717, 1.165) is 25.7 Å². The van der Waals surface area contributed by atoms with Crippen LogP contribution >= 0.6 is 11.3 Å². The summed E-state index contributed by atoms with van der Waals surface area (Å²) >= 11 is 1.42. The molecule has 0 aliphatic heterocycles. The molecule has 1 heterocycles. The Balaban J connectivity index is 1.62. The second-order valence-corrected chi connectivity index (χ2v) is 8.87. The predicted octanol–water partition coefficient (Wildman–Crippen LogP) is 3.22. The molecule has 0 amide bonds. The van der Waals surface area contributed by atoms with E-state index in [4.69, 9.17) is 0 Å². The minimum Gasteiger partial charge on any atom is -0.207 e. The Morgan fingerprint density at radius 3 is 2.18 bits per heavy atom. The molecule has 1 N–H and O–H groups in total. The molecule has 0 radical (unpaired) electrons. The molecule has 0 spiro atoms. The van der Waals surface area contributed by atoms with Crippen molar-refractivity contribution < 1.29 is 8.42 Å². The second kappa shape index (κ2) is 5.48. The fourth-order valence-corrected chi connectivity index (χ4v) is 6.40. The largest absolute Gasteiger partial charge is 0.241 e. The lowest BCUT2D eigenvalue weighted by atomic mass is 9.94. The molecule has 2 bridgehead atoms. The van der Waals surface area contributed by atoms with Crippen molar-refractivity contribution in [2.24, 2.45) is 11.8 Å². The first kappa shape index (κ1) is 14.4. The smallest absolute Gasteiger partial charge is 0.207 e. The molecule has 3 nitrogen and oxygen atoms in total. The third kappa shape index (κ3) is 2.51. The summed E-state index contributed by atoms with van der Waals surface area (Å²) in [6.45, 7) is 0. The first-order valence-corrected chi connectivity index (χ1v) is 10.2. The van der Waals surface area contributed by atoms with Crippen molar-refractivity contribution in [1.29, 1.82) is 0 Å². The maximum atomic E-state index is 12.6. The first-order valence-electron chi connectivity index (χ1n) is 7.75. The highest BCUT2D eigenvalue weighted by Gasteiger charge is 2.41. The van der Waals surface area contributed by atoms with Crippen LogP contribution in [0.2, 0.25) is 0 Å². The van der Waals surface area contributed by atoms with E-state index in [1.807, 2.05) is 5.38 Å². The number of thiophene rings is 1. The predicted molar refractivity (Wildman–Crippen MR) is 88.5 cm³/mol. The van der Waals surface area contributed by atoms with E-state index < -0.39 is 10.0 Å². The Morgan fingerprint density at radius 1 is 1.00 bits per heavy atom. The van der Waals surface area contributed by atoms with Crippen LogP contribution in [0.1, 0.15) is 24.0 Å². The first-order chi connectivity index (χ1) is 10.6. The maximum Gasteiger partial charge on any atom is 0.241 e. The minimum absolute atomic E-state index is 0.0669. The normalized spacial score (nSPS) is 27.4. The van der Waals surface area contributed by atoms with Crippen LogP contribution in [0, 0.1) is 11.8 Å². The van der Waals surface area contributed by atoms with Gasteiger partial charge in [0.2, 0.25) is 10.0 Å². The molecule has 2 aliphatic rings. The maximum absolute atomic E-state index is 12.6. The standard InChI is InChI=1S/C17H19NO2S2/c19-22(20,16-7-8-21-11-16)18-17-14-5-6-15(17)10-13-4-2-1-3-12(13)9-14/h1-4,7-8,11,14-15,17-18H,5-6,9-10H2. The van der Waals surface area contributed by atoms with Gasteiger partial charge in [0.15, 0.2) is 0 Å². The quantitative estimate of drug-likeness (QED) is 0.937.